The summed E-state index contributed by atoms with van der Waals surface area (Å²) in [4.78, 5) is 27.9. The first-order valence-electron chi connectivity index (χ1n) is 8.88. The van der Waals surface area contributed by atoms with E-state index in [1.807, 2.05) is 37.6 Å². The zero-order valence-corrected chi connectivity index (χ0v) is 17.1. The van der Waals surface area contributed by atoms with Gasteiger partial charge in [0, 0.05) is 22.2 Å². The molecular formula is C19H21FN6O2S. The van der Waals surface area contributed by atoms with E-state index in [0.717, 1.165) is 5.56 Å². The van der Waals surface area contributed by atoms with E-state index < -0.39 is 11.4 Å². The Balaban J connectivity index is 1.67. The Morgan fingerprint density at radius 1 is 1.21 bits per heavy atom. The summed E-state index contributed by atoms with van der Waals surface area (Å²) in [5.41, 5.74) is 0.685. The number of hydrogen-bond donors (Lipinski definition) is 1. The maximum absolute atomic E-state index is 13.0. The van der Waals surface area contributed by atoms with Crippen molar-refractivity contribution >= 4 is 28.8 Å². The molecule has 1 aromatic carbocycles. The largest absolute Gasteiger partial charge is 0.327 e. The van der Waals surface area contributed by atoms with Gasteiger partial charge in [-0.2, -0.15) is 16.1 Å². The van der Waals surface area contributed by atoms with Gasteiger partial charge in [-0.15, -0.1) is 10.2 Å². The standard InChI is InChI=1S/C19H21FN6O2S/c1-19(2,3)25(10-16(27)21-15-6-4-14(20)5-7-15)17(28)11-26-23-18(22-24-26)13-8-9-29-12-13/h4-9,12H,10-11H2,1-3H3,(H,21,27). The highest BCUT2D eigenvalue weighted by Gasteiger charge is 2.29. The lowest BCUT2D eigenvalue weighted by molar-refractivity contribution is -0.140. The fourth-order valence-electron chi connectivity index (χ4n) is 2.60. The van der Waals surface area contributed by atoms with Gasteiger partial charge in [0.15, 0.2) is 0 Å². The Labute approximate surface area is 171 Å². The van der Waals surface area contributed by atoms with Crippen LogP contribution in [0.25, 0.3) is 11.4 Å². The van der Waals surface area contributed by atoms with Gasteiger partial charge in [0.25, 0.3) is 0 Å². The van der Waals surface area contributed by atoms with Crippen LogP contribution in [0, 0.1) is 5.82 Å². The van der Waals surface area contributed by atoms with Crippen LogP contribution in [0.4, 0.5) is 10.1 Å². The van der Waals surface area contributed by atoms with Crippen molar-refractivity contribution in [1.82, 2.24) is 25.1 Å². The molecule has 2 amide bonds. The van der Waals surface area contributed by atoms with E-state index in [1.54, 1.807) is 0 Å². The fraction of sp³-hybridized carbons (Fsp3) is 0.316. The molecular weight excluding hydrogens is 395 g/mol. The molecule has 0 aliphatic heterocycles. The highest BCUT2D eigenvalue weighted by atomic mass is 32.1. The summed E-state index contributed by atoms with van der Waals surface area (Å²) >= 11 is 1.52. The SMILES string of the molecule is CC(C)(C)N(CC(=O)Nc1ccc(F)cc1)C(=O)Cn1nnc(-c2ccsc2)n1. The minimum atomic E-state index is -0.603. The molecule has 0 saturated carbocycles. The van der Waals surface area contributed by atoms with Crippen LogP contribution >= 0.6 is 11.3 Å². The molecule has 0 fully saturated rings. The number of nitrogens with one attached hydrogen (secondary N) is 1. The average molecular weight is 416 g/mol. The molecule has 8 nitrogen and oxygen atoms in total. The summed E-state index contributed by atoms with van der Waals surface area (Å²) in [5, 5.41) is 18.6. The van der Waals surface area contributed by atoms with E-state index in [0.29, 0.717) is 11.5 Å². The topological polar surface area (TPSA) is 93.0 Å². The fourth-order valence-corrected chi connectivity index (χ4v) is 3.23. The average Bonchev–Trinajstić information content (AvgIpc) is 3.32. The number of nitrogens with zero attached hydrogens (tertiary/aromatic N) is 5. The van der Waals surface area contributed by atoms with Crippen LogP contribution in [0.1, 0.15) is 20.8 Å². The molecule has 0 aliphatic rings. The second-order valence-electron chi connectivity index (χ2n) is 7.36. The van der Waals surface area contributed by atoms with Gasteiger partial charge in [-0.25, -0.2) is 4.39 Å². The molecule has 0 aliphatic carbocycles. The van der Waals surface area contributed by atoms with Crippen LogP contribution in [-0.4, -0.2) is 49.0 Å². The van der Waals surface area contributed by atoms with Gasteiger partial charge in [0.05, 0.1) is 0 Å². The van der Waals surface area contributed by atoms with Crippen LogP contribution in [0.2, 0.25) is 0 Å². The number of anilines is 1. The van der Waals surface area contributed by atoms with Gasteiger partial charge in [0.2, 0.25) is 17.6 Å². The van der Waals surface area contributed by atoms with E-state index >= 15 is 0 Å². The number of carbonyl (C=O) groups excluding carboxylic acids is 2. The Kier molecular flexibility index (Phi) is 6.02. The molecule has 2 aromatic heterocycles. The molecule has 0 atom stereocenters. The van der Waals surface area contributed by atoms with Crippen molar-refractivity contribution in [2.24, 2.45) is 0 Å². The molecule has 0 radical (unpaired) electrons. The third-order valence-corrected chi connectivity index (χ3v) is 4.73. The maximum Gasteiger partial charge on any atom is 0.247 e. The number of halogens is 1. The van der Waals surface area contributed by atoms with Crippen LogP contribution < -0.4 is 5.32 Å². The molecule has 10 heteroatoms. The van der Waals surface area contributed by atoms with Crippen molar-refractivity contribution in [2.45, 2.75) is 32.9 Å². The van der Waals surface area contributed by atoms with Crippen LogP contribution in [0.3, 0.4) is 0 Å². The van der Waals surface area contributed by atoms with Crippen molar-refractivity contribution < 1.29 is 14.0 Å². The number of hydrogen-bond acceptors (Lipinski definition) is 6. The maximum atomic E-state index is 13.0. The zero-order chi connectivity index (χ0) is 21.0. The first-order chi connectivity index (χ1) is 13.7. The minimum Gasteiger partial charge on any atom is -0.327 e. The van der Waals surface area contributed by atoms with Crippen molar-refractivity contribution in [3.8, 4) is 11.4 Å². The lowest BCUT2D eigenvalue weighted by Crippen LogP contribution is -2.50. The van der Waals surface area contributed by atoms with Gasteiger partial charge >= 0.3 is 0 Å². The van der Waals surface area contributed by atoms with Crippen molar-refractivity contribution in [3.05, 3.63) is 46.9 Å². The number of carbonyl (C=O) groups is 2. The van der Waals surface area contributed by atoms with Gasteiger partial charge in [0.1, 0.15) is 18.9 Å². The molecule has 29 heavy (non-hydrogen) atoms. The summed E-state index contributed by atoms with van der Waals surface area (Å²) in [6.07, 6.45) is 0. The van der Waals surface area contributed by atoms with Crippen molar-refractivity contribution in [2.75, 3.05) is 11.9 Å². The quantitative estimate of drug-likeness (QED) is 0.667. The number of rotatable bonds is 6. The molecule has 1 N–H and O–H groups in total. The number of thiophene rings is 1. The van der Waals surface area contributed by atoms with Gasteiger partial charge < -0.3 is 10.2 Å². The van der Waals surface area contributed by atoms with E-state index in [4.69, 9.17) is 0 Å². The Bertz CT molecular complexity index is 979. The third-order valence-electron chi connectivity index (χ3n) is 4.05. The lowest BCUT2D eigenvalue weighted by Gasteiger charge is -2.35. The second kappa shape index (κ2) is 8.48. The Morgan fingerprint density at radius 2 is 1.93 bits per heavy atom. The van der Waals surface area contributed by atoms with E-state index in [2.05, 4.69) is 20.7 Å². The third kappa shape index (κ3) is 5.44. The normalized spacial score (nSPS) is 11.3. The first-order valence-corrected chi connectivity index (χ1v) is 9.83. The molecule has 0 saturated heterocycles. The molecule has 3 aromatic rings. The highest BCUT2D eigenvalue weighted by Crippen LogP contribution is 2.18. The minimum absolute atomic E-state index is 0.141. The molecule has 152 valence electrons. The summed E-state index contributed by atoms with van der Waals surface area (Å²) < 4.78 is 13.0. The molecule has 3 rings (SSSR count). The number of amides is 2. The summed E-state index contributed by atoms with van der Waals surface area (Å²) in [5.74, 6) is -0.654. The smallest absolute Gasteiger partial charge is 0.247 e. The molecule has 0 unspecified atom stereocenters. The highest BCUT2D eigenvalue weighted by molar-refractivity contribution is 7.08. The lowest BCUT2D eigenvalue weighted by atomic mass is 10.1. The monoisotopic (exact) mass is 416 g/mol. The van der Waals surface area contributed by atoms with Crippen LogP contribution in [-0.2, 0) is 16.1 Å². The van der Waals surface area contributed by atoms with Gasteiger partial charge in [-0.05, 0) is 61.7 Å². The van der Waals surface area contributed by atoms with Crippen LogP contribution in [0.5, 0.6) is 0 Å². The summed E-state index contributed by atoms with van der Waals surface area (Å²) in [7, 11) is 0. The molecule has 2 heterocycles. The first kappa shape index (κ1) is 20.6. The second-order valence-corrected chi connectivity index (χ2v) is 8.14. The van der Waals surface area contributed by atoms with E-state index in [1.165, 1.54) is 45.3 Å². The summed E-state index contributed by atoms with van der Waals surface area (Å²) in [6.45, 7) is 5.20. The number of tetrazole rings is 1. The predicted octanol–water partition coefficient (Wildman–Crippen LogP) is 2.81. The summed E-state index contributed by atoms with van der Waals surface area (Å²) in [6, 6.07) is 7.30. The Morgan fingerprint density at radius 3 is 2.55 bits per heavy atom. The van der Waals surface area contributed by atoms with Gasteiger partial charge in [-0.1, -0.05) is 0 Å². The van der Waals surface area contributed by atoms with Crippen LogP contribution in [0.15, 0.2) is 41.1 Å². The van der Waals surface area contributed by atoms with Crippen molar-refractivity contribution in [1.29, 1.82) is 0 Å². The van der Waals surface area contributed by atoms with E-state index in [-0.39, 0.29) is 24.9 Å². The number of aromatic nitrogens is 4. The molecule has 0 spiro atoms. The molecule has 0 bridgehead atoms. The van der Waals surface area contributed by atoms with Crippen molar-refractivity contribution in [3.63, 3.8) is 0 Å². The number of benzene rings is 1. The Hall–Kier alpha value is -3.14. The van der Waals surface area contributed by atoms with Gasteiger partial charge in [-0.3, -0.25) is 9.59 Å². The van der Waals surface area contributed by atoms with E-state index in [9.17, 15) is 14.0 Å². The predicted molar refractivity (Wildman–Crippen MR) is 108 cm³/mol. The zero-order valence-electron chi connectivity index (χ0n) is 16.3.